The molecule has 14 heavy (non-hydrogen) atoms. The predicted molar refractivity (Wildman–Crippen MR) is 54.8 cm³/mol. The Labute approximate surface area is 84.6 Å². The van der Waals surface area contributed by atoms with Crippen molar-refractivity contribution in [1.82, 2.24) is 19.8 Å². The van der Waals surface area contributed by atoms with Crippen molar-refractivity contribution in [3.05, 3.63) is 24.3 Å². The minimum atomic E-state index is 0.981. The van der Waals surface area contributed by atoms with Crippen molar-refractivity contribution in [2.75, 3.05) is 33.2 Å². The van der Waals surface area contributed by atoms with Gasteiger partial charge in [-0.25, -0.2) is 9.97 Å². The molecule has 0 aliphatic carbocycles. The molecule has 1 aromatic rings. The quantitative estimate of drug-likeness (QED) is 0.671. The zero-order valence-electron chi connectivity index (χ0n) is 8.56. The molecule has 0 aromatic carbocycles. The van der Waals surface area contributed by atoms with Crippen LogP contribution in [-0.2, 0) is 6.54 Å². The summed E-state index contributed by atoms with van der Waals surface area (Å²) in [5, 5.41) is 0. The summed E-state index contributed by atoms with van der Waals surface area (Å²) >= 11 is 0. The molecule has 2 rings (SSSR count). The standard InChI is InChI=1S/C10H16N4/c1-13-2-4-14(5-3-13)8-10-6-11-9-12-7-10/h6-7,9H,2-5,8H2,1H3. The Hall–Kier alpha value is -1.00. The molecular formula is C10H16N4. The molecule has 4 nitrogen and oxygen atoms in total. The highest BCUT2D eigenvalue weighted by atomic mass is 15.2. The predicted octanol–water partition coefficient (Wildman–Crippen LogP) is 0.224. The van der Waals surface area contributed by atoms with Crippen LogP contribution >= 0.6 is 0 Å². The van der Waals surface area contributed by atoms with Crippen molar-refractivity contribution in [2.24, 2.45) is 0 Å². The minimum absolute atomic E-state index is 0.981. The number of hydrogen-bond acceptors (Lipinski definition) is 4. The van der Waals surface area contributed by atoms with E-state index in [1.54, 1.807) is 6.33 Å². The first-order chi connectivity index (χ1) is 6.84. The molecule has 0 N–H and O–H groups in total. The molecule has 0 atom stereocenters. The van der Waals surface area contributed by atoms with Gasteiger partial charge in [0.25, 0.3) is 0 Å². The maximum absolute atomic E-state index is 4.02. The molecule has 0 radical (unpaired) electrons. The Morgan fingerprint density at radius 1 is 1.14 bits per heavy atom. The SMILES string of the molecule is CN1CCN(Cc2cncnc2)CC1. The highest BCUT2D eigenvalue weighted by molar-refractivity contribution is 5.02. The molecule has 1 saturated heterocycles. The molecule has 1 aliphatic heterocycles. The van der Waals surface area contributed by atoms with Gasteiger partial charge in [-0.05, 0) is 7.05 Å². The first-order valence-electron chi connectivity index (χ1n) is 4.99. The Morgan fingerprint density at radius 2 is 1.79 bits per heavy atom. The number of aromatic nitrogens is 2. The second kappa shape index (κ2) is 4.48. The van der Waals surface area contributed by atoms with Gasteiger partial charge in [-0.3, -0.25) is 4.90 Å². The summed E-state index contributed by atoms with van der Waals surface area (Å²) in [6.45, 7) is 5.59. The lowest BCUT2D eigenvalue weighted by atomic mass is 10.2. The molecular weight excluding hydrogens is 176 g/mol. The van der Waals surface area contributed by atoms with Crippen LogP contribution in [0.5, 0.6) is 0 Å². The topological polar surface area (TPSA) is 32.3 Å². The van der Waals surface area contributed by atoms with Crippen LogP contribution in [0.15, 0.2) is 18.7 Å². The van der Waals surface area contributed by atoms with Crippen LogP contribution in [0.25, 0.3) is 0 Å². The Balaban J connectivity index is 1.87. The van der Waals surface area contributed by atoms with Crippen molar-refractivity contribution >= 4 is 0 Å². The largest absolute Gasteiger partial charge is 0.304 e. The average molecular weight is 192 g/mol. The normalized spacial score (nSPS) is 19.8. The van der Waals surface area contributed by atoms with E-state index in [9.17, 15) is 0 Å². The lowest BCUT2D eigenvalue weighted by Crippen LogP contribution is -2.43. The first-order valence-corrected chi connectivity index (χ1v) is 4.99. The van der Waals surface area contributed by atoms with Crippen molar-refractivity contribution in [3.8, 4) is 0 Å². The van der Waals surface area contributed by atoms with E-state index in [-0.39, 0.29) is 0 Å². The van der Waals surface area contributed by atoms with Crippen LogP contribution in [-0.4, -0.2) is 53.0 Å². The fraction of sp³-hybridized carbons (Fsp3) is 0.600. The third-order valence-electron chi connectivity index (χ3n) is 2.62. The Morgan fingerprint density at radius 3 is 2.43 bits per heavy atom. The molecule has 0 bridgehead atoms. The molecule has 0 unspecified atom stereocenters. The van der Waals surface area contributed by atoms with Crippen LogP contribution in [0, 0.1) is 0 Å². The van der Waals surface area contributed by atoms with E-state index in [0.29, 0.717) is 0 Å². The van der Waals surface area contributed by atoms with Crippen LogP contribution in [0.3, 0.4) is 0 Å². The zero-order chi connectivity index (χ0) is 9.80. The number of piperazine rings is 1. The Bertz CT molecular complexity index is 267. The first kappa shape index (κ1) is 9.55. The molecule has 1 aromatic heterocycles. The van der Waals surface area contributed by atoms with E-state index in [4.69, 9.17) is 0 Å². The molecule has 0 amide bonds. The average Bonchev–Trinajstić information content (AvgIpc) is 2.23. The summed E-state index contributed by atoms with van der Waals surface area (Å²) in [7, 11) is 2.17. The van der Waals surface area contributed by atoms with Gasteiger partial charge in [0.15, 0.2) is 0 Å². The molecule has 1 aliphatic rings. The van der Waals surface area contributed by atoms with Crippen molar-refractivity contribution in [3.63, 3.8) is 0 Å². The van der Waals surface area contributed by atoms with Crippen LogP contribution in [0.1, 0.15) is 5.56 Å². The lowest BCUT2D eigenvalue weighted by molar-refractivity contribution is 0.148. The van der Waals surface area contributed by atoms with Gasteiger partial charge in [0, 0.05) is 50.7 Å². The Kier molecular flexibility index (Phi) is 3.06. The highest BCUT2D eigenvalue weighted by Gasteiger charge is 2.13. The summed E-state index contributed by atoms with van der Waals surface area (Å²) in [5.41, 5.74) is 1.21. The van der Waals surface area contributed by atoms with E-state index >= 15 is 0 Å². The maximum Gasteiger partial charge on any atom is 0.115 e. The minimum Gasteiger partial charge on any atom is -0.304 e. The van der Waals surface area contributed by atoms with Crippen molar-refractivity contribution < 1.29 is 0 Å². The van der Waals surface area contributed by atoms with Crippen molar-refractivity contribution in [1.29, 1.82) is 0 Å². The fourth-order valence-electron chi connectivity index (χ4n) is 1.68. The summed E-state index contributed by atoms with van der Waals surface area (Å²) in [6.07, 6.45) is 5.37. The van der Waals surface area contributed by atoms with Gasteiger partial charge in [0.05, 0.1) is 0 Å². The smallest absolute Gasteiger partial charge is 0.115 e. The van der Waals surface area contributed by atoms with E-state index < -0.39 is 0 Å². The monoisotopic (exact) mass is 192 g/mol. The van der Waals surface area contributed by atoms with E-state index in [2.05, 4.69) is 26.8 Å². The van der Waals surface area contributed by atoms with Gasteiger partial charge in [0.2, 0.25) is 0 Å². The third-order valence-corrected chi connectivity index (χ3v) is 2.62. The van der Waals surface area contributed by atoms with Gasteiger partial charge in [-0.1, -0.05) is 0 Å². The molecule has 1 fully saturated rings. The van der Waals surface area contributed by atoms with Crippen molar-refractivity contribution in [2.45, 2.75) is 6.54 Å². The second-order valence-electron chi connectivity index (χ2n) is 3.83. The van der Waals surface area contributed by atoms with Gasteiger partial charge in [-0.15, -0.1) is 0 Å². The summed E-state index contributed by atoms with van der Waals surface area (Å²) in [4.78, 5) is 12.8. The summed E-state index contributed by atoms with van der Waals surface area (Å²) in [5.74, 6) is 0. The number of likely N-dealkylation sites (N-methyl/N-ethyl adjacent to an activating group) is 1. The number of nitrogens with zero attached hydrogens (tertiary/aromatic N) is 4. The second-order valence-corrected chi connectivity index (χ2v) is 3.83. The number of rotatable bonds is 2. The third kappa shape index (κ3) is 2.49. The summed E-state index contributed by atoms with van der Waals surface area (Å²) < 4.78 is 0. The van der Waals surface area contributed by atoms with Gasteiger partial charge in [0.1, 0.15) is 6.33 Å². The number of hydrogen-bond donors (Lipinski definition) is 0. The molecule has 76 valence electrons. The van der Waals surface area contributed by atoms with E-state index in [1.807, 2.05) is 12.4 Å². The van der Waals surface area contributed by atoms with Gasteiger partial charge >= 0.3 is 0 Å². The maximum atomic E-state index is 4.02. The molecule has 2 heterocycles. The van der Waals surface area contributed by atoms with Crippen LogP contribution in [0.4, 0.5) is 0 Å². The van der Waals surface area contributed by atoms with E-state index in [0.717, 1.165) is 32.7 Å². The molecule has 0 saturated carbocycles. The van der Waals surface area contributed by atoms with Gasteiger partial charge in [-0.2, -0.15) is 0 Å². The zero-order valence-corrected chi connectivity index (χ0v) is 8.56. The molecule has 0 spiro atoms. The molecule has 4 heteroatoms. The van der Waals surface area contributed by atoms with Crippen LogP contribution in [0.2, 0.25) is 0 Å². The summed E-state index contributed by atoms with van der Waals surface area (Å²) in [6, 6.07) is 0. The van der Waals surface area contributed by atoms with Crippen LogP contribution < -0.4 is 0 Å². The van der Waals surface area contributed by atoms with Gasteiger partial charge < -0.3 is 4.90 Å². The highest BCUT2D eigenvalue weighted by Crippen LogP contribution is 2.04. The fourth-order valence-corrected chi connectivity index (χ4v) is 1.68. The van der Waals surface area contributed by atoms with E-state index in [1.165, 1.54) is 5.56 Å². The lowest BCUT2D eigenvalue weighted by Gasteiger charge is -2.32.